The Morgan fingerprint density at radius 2 is 2.10 bits per heavy atom. The molecule has 3 heterocycles. The molecule has 0 amide bonds. The number of piperidine rings is 1. The molecule has 10 nitrogen and oxygen atoms in total. The Bertz CT molecular complexity index is 1190. The molecule has 1 aliphatic heterocycles. The van der Waals surface area contributed by atoms with Gasteiger partial charge in [0.15, 0.2) is 0 Å². The van der Waals surface area contributed by atoms with Gasteiger partial charge in [0.2, 0.25) is 10.0 Å². The van der Waals surface area contributed by atoms with Gasteiger partial charge in [-0.05, 0) is 24.5 Å². The normalized spacial score (nSPS) is 20.3. The summed E-state index contributed by atoms with van der Waals surface area (Å²) in [5.41, 5.74) is 0.474. The molecular weight excluding hydrogens is 408 g/mol. The van der Waals surface area contributed by atoms with Gasteiger partial charge in [0, 0.05) is 44.5 Å². The molecule has 3 aromatic rings. The molecule has 1 aromatic carbocycles. The summed E-state index contributed by atoms with van der Waals surface area (Å²) in [5.74, 6) is 0.961. The first-order chi connectivity index (χ1) is 14.3. The molecular formula is C19H22N6O4S. The first kappa shape index (κ1) is 20.2. The number of likely N-dealkylation sites (N-methyl/N-ethyl adjacent to an activating group) is 1. The minimum absolute atomic E-state index is 0.0669. The number of nitrogens with one attached hydrogen (secondary N) is 1. The molecule has 2 unspecified atom stereocenters. The number of non-ortho nitro benzene ring substituents is 1. The van der Waals surface area contributed by atoms with Gasteiger partial charge < -0.3 is 9.88 Å². The van der Waals surface area contributed by atoms with Crippen LogP contribution in [-0.2, 0) is 10.0 Å². The summed E-state index contributed by atoms with van der Waals surface area (Å²) < 4.78 is 27.8. The van der Waals surface area contributed by atoms with Crippen molar-refractivity contribution in [3.63, 3.8) is 0 Å². The number of rotatable bonds is 5. The maximum atomic E-state index is 13.2. The predicted molar refractivity (Wildman–Crippen MR) is 112 cm³/mol. The summed E-state index contributed by atoms with van der Waals surface area (Å²) >= 11 is 0. The number of aromatic nitrogens is 3. The van der Waals surface area contributed by atoms with Crippen molar-refractivity contribution in [1.29, 1.82) is 0 Å². The quantitative estimate of drug-likeness (QED) is 0.487. The number of benzene rings is 1. The van der Waals surface area contributed by atoms with E-state index in [4.69, 9.17) is 0 Å². The Kier molecular flexibility index (Phi) is 5.16. The fourth-order valence-electron chi connectivity index (χ4n) is 3.95. The highest BCUT2D eigenvalue weighted by molar-refractivity contribution is 7.89. The number of nitrogens with zero attached hydrogens (tertiary/aromatic N) is 5. The first-order valence-electron chi connectivity index (χ1n) is 9.54. The van der Waals surface area contributed by atoms with Crippen LogP contribution in [0.4, 0.5) is 11.5 Å². The Hall–Kier alpha value is -3.05. The number of aromatic amines is 1. The SMILES string of the molecule is CC1CCN(S(=O)(=O)c2cccc([N+](=O)[O-])c2)CC1N(C)c1ncnc2[nH]ccc12. The number of hydrogen-bond acceptors (Lipinski definition) is 7. The first-order valence-corrected chi connectivity index (χ1v) is 11.0. The van der Waals surface area contributed by atoms with Crippen LogP contribution in [0.25, 0.3) is 11.0 Å². The minimum Gasteiger partial charge on any atom is -0.354 e. The smallest absolute Gasteiger partial charge is 0.270 e. The van der Waals surface area contributed by atoms with Crippen molar-refractivity contribution >= 4 is 32.6 Å². The van der Waals surface area contributed by atoms with E-state index in [-0.39, 0.29) is 29.1 Å². The maximum Gasteiger partial charge on any atom is 0.270 e. The van der Waals surface area contributed by atoms with Crippen molar-refractivity contribution in [2.75, 3.05) is 25.0 Å². The molecule has 1 aliphatic rings. The van der Waals surface area contributed by atoms with E-state index < -0.39 is 14.9 Å². The lowest BCUT2D eigenvalue weighted by Gasteiger charge is -2.41. The molecule has 4 rings (SSSR count). The van der Waals surface area contributed by atoms with Crippen molar-refractivity contribution < 1.29 is 13.3 Å². The third kappa shape index (κ3) is 3.50. The van der Waals surface area contributed by atoms with Crippen LogP contribution >= 0.6 is 0 Å². The van der Waals surface area contributed by atoms with Gasteiger partial charge in [-0.1, -0.05) is 13.0 Å². The van der Waals surface area contributed by atoms with E-state index in [0.717, 1.165) is 22.9 Å². The predicted octanol–water partition coefficient (Wildman–Crippen LogP) is 2.40. The van der Waals surface area contributed by atoms with Crippen LogP contribution in [0, 0.1) is 16.0 Å². The van der Waals surface area contributed by atoms with Crippen LogP contribution in [0.15, 0.2) is 47.8 Å². The molecule has 0 spiro atoms. The molecule has 0 aliphatic carbocycles. The molecule has 2 atom stereocenters. The number of anilines is 1. The standard InChI is InChI=1S/C19H22N6O4S/c1-13-7-9-24(30(28,29)15-5-3-4-14(10-15)25(26)27)11-17(13)23(2)19-16-6-8-20-18(16)21-12-22-19/h3-6,8,10,12-13,17H,7,9,11H2,1-2H3,(H,20,21,22). The zero-order valence-electron chi connectivity index (χ0n) is 16.6. The van der Waals surface area contributed by atoms with Crippen LogP contribution in [0.2, 0.25) is 0 Å². The van der Waals surface area contributed by atoms with E-state index in [1.54, 1.807) is 6.20 Å². The third-order valence-electron chi connectivity index (χ3n) is 5.71. The summed E-state index contributed by atoms with van der Waals surface area (Å²) in [6.45, 7) is 2.71. The third-order valence-corrected chi connectivity index (χ3v) is 7.57. The highest BCUT2D eigenvalue weighted by Gasteiger charge is 2.36. The van der Waals surface area contributed by atoms with Gasteiger partial charge in [-0.25, -0.2) is 18.4 Å². The molecule has 0 saturated carbocycles. The second-order valence-electron chi connectivity index (χ2n) is 7.50. The van der Waals surface area contributed by atoms with Gasteiger partial charge in [-0.2, -0.15) is 4.31 Å². The van der Waals surface area contributed by atoms with Gasteiger partial charge in [-0.15, -0.1) is 0 Å². The highest BCUT2D eigenvalue weighted by Crippen LogP contribution is 2.31. The van der Waals surface area contributed by atoms with Crippen molar-refractivity contribution in [1.82, 2.24) is 19.3 Å². The summed E-state index contributed by atoms with van der Waals surface area (Å²) in [6, 6.07) is 6.97. The largest absolute Gasteiger partial charge is 0.354 e. The van der Waals surface area contributed by atoms with E-state index in [1.165, 1.54) is 28.8 Å². The second-order valence-corrected chi connectivity index (χ2v) is 9.44. The minimum atomic E-state index is -3.86. The Morgan fingerprint density at radius 1 is 1.30 bits per heavy atom. The number of nitro benzene ring substituents is 1. The molecule has 0 bridgehead atoms. The topological polar surface area (TPSA) is 125 Å². The molecule has 1 saturated heterocycles. The molecule has 2 aromatic heterocycles. The molecule has 1 fully saturated rings. The summed E-state index contributed by atoms with van der Waals surface area (Å²) in [4.78, 5) is 24.1. The van der Waals surface area contributed by atoms with Crippen molar-refractivity contribution in [3.05, 3.63) is 53.0 Å². The molecule has 11 heteroatoms. The average Bonchev–Trinajstić information content (AvgIpc) is 3.22. The number of hydrogen-bond donors (Lipinski definition) is 1. The van der Waals surface area contributed by atoms with Crippen molar-refractivity contribution in [2.24, 2.45) is 5.92 Å². The van der Waals surface area contributed by atoms with Crippen molar-refractivity contribution in [2.45, 2.75) is 24.3 Å². The monoisotopic (exact) mass is 430 g/mol. The Morgan fingerprint density at radius 3 is 2.87 bits per heavy atom. The lowest BCUT2D eigenvalue weighted by Crippen LogP contribution is -2.52. The fraction of sp³-hybridized carbons (Fsp3) is 0.368. The van der Waals surface area contributed by atoms with Gasteiger partial charge in [0.05, 0.1) is 15.2 Å². The van der Waals surface area contributed by atoms with Crippen molar-refractivity contribution in [3.8, 4) is 0 Å². The number of nitro groups is 1. The zero-order chi connectivity index (χ0) is 21.5. The van der Waals surface area contributed by atoms with Gasteiger partial charge in [0.25, 0.3) is 5.69 Å². The van der Waals surface area contributed by atoms with Gasteiger partial charge in [0.1, 0.15) is 17.8 Å². The van der Waals surface area contributed by atoms with Crippen LogP contribution in [0.3, 0.4) is 0 Å². The van der Waals surface area contributed by atoms with Crippen LogP contribution in [0.1, 0.15) is 13.3 Å². The highest BCUT2D eigenvalue weighted by atomic mass is 32.2. The van der Waals surface area contributed by atoms with Crippen LogP contribution < -0.4 is 4.90 Å². The maximum absolute atomic E-state index is 13.2. The molecule has 158 valence electrons. The van der Waals surface area contributed by atoms with E-state index in [9.17, 15) is 18.5 Å². The van der Waals surface area contributed by atoms with E-state index in [1.807, 2.05) is 18.0 Å². The summed E-state index contributed by atoms with van der Waals surface area (Å²) in [5, 5.41) is 11.9. The van der Waals surface area contributed by atoms with Crippen LogP contribution in [-0.4, -0.2) is 58.8 Å². The molecule has 30 heavy (non-hydrogen) atoms. The van der Waals surface area contributed by atoms with E-state index >= 15 is 0 Å². The number of H-pyrrole nitrogens is 1. The Labute approximate surface area is 173 Å². The Balaban J connectivity index is 1.64. The number of fused-ring (bicyclic) bond motifs is 1. The lowest BCUT2D eigenvalue weighted by molar-refractivity contribution is -0.385. The van der Waals surface area contributed by atoms with E-state index in [0.29, 0.717) is 13.0 Å². The summed E-state index contributed by atoms with van der Waals surface area (Å²) in [7, 11) is -1.96. The van der Waals surface area contributed by atoms with E-state index in [2.05, 4.69) is 21.9 Å². The second kappa shape index (κ2) is 7.65. The fourth-order valence-corrected chi connectivity index (χ4v) is 5.46. The molecule has 0 radical (unpaired) electrons. The van der Waals surface area contributed by atoms with Crippen LogP contribution in [0.5, 0.6) is 0 Å². The number of sulfonamides is 1. The average molecular weight is 430 g/mol. The van der Waals surface area contributed by atoms with Gasteiger partial charge in [-0.3, -0.25) is 10.1 Å². The zero-order valence-corrected chi connectivity index (χ0v) is 17.4. The lowest BCUT2D eigenvalue weighted by atomic mass is 9.93. The van der Waals surface area contributed by atoms with Gasteiger partial charge >= 0.3 is 0 Å². The molecule has 1 N–H and O–H groups in total. The summed E-state index contributed by atoms with van der Waals surface area (Å²) in [6.07, 6.45) is 3.94.